The molecule has 0 N–H and O–H groups in total. The molecular formula is C17H18N4O2S. The summed E-state index contributed by atoms with van der Waals surface area (Å²) in [5.41, 5.74) is 1.16. The minimum atomic E-state index is -3.63. The fourth-order valence-electron chi connectivity index (χ4n) is 2.77. The molecule has 0 aliphatic carbocycles. The van der Waals surface area contributed by atoms with Crippen molar-refractivity contribution in [1.82, 2.24) is 14.2 Å². The summed E-state index contributed by atoms with van der Waals surface area (Å²) in [5, 5.41) is 9.14. The summed E-state index contributed by atoms with van der Waals surface area (Å²) in [6.45, 7) is 2.82. The molecule has 1 aliphatic rings. The van der Waals surface area contributed by atoms with E-state index in [1.165, 1.54) is 16.4 Å². The van der Waals surface area contributed by atoms with Crippen LogP contribution >= 0.6 is 0 Å². The van der Waals surface area contributed by atoms with E-state index in [4.69, 9.17) is 5.26 Å². The molecule has 1 aliphatic heterocycles. The van der Waals surface area contributed by atoms with Gasteiger partial charge in [-0.05, 0) is 24.3 Å². The fraction of sp³-hybridized carbons (Fsp3) is 0.294. The molecule has 3 rings (SSSR count). The van der Waals surface area contributed by atoms with Gasteiger partial charge in [0, 0.05) is 38.9 Å². The molecule has 0 saturated carbocycles. The Hall–Kier alpha value is -2.27. The summed E-state index contributed by atoms with van der Waals surface area (Å²) in [6, 6.07) is 14.1. The maximum atomic E-state index is 12.8. The van der Waals surface area contributed by atoms with Crippen molar-refractivity contribution in [3.63, 3.8) is 0 Å². The average Bonchev–Trinajstić information content (AvgIpc) is 2.63. The molecule has 2 aromatic rings. The third-order valence-electron chi connectivity index (χ3n) is 4.07. The minimum Gasteiger partial charge on any atom is -0.295 e. The Morgan fingerprint density at radius 2 is 1.75 bits per heavy atom. The van der Waals surface area contributed by atoms with Crippen LogP contribution in [0.2, 0.25) is 0 Å². The van der Waals surface area contributed by atoms with Gasteiger partial charge in [-0.2, -0.15) is 9.57 Å². The summed E-state index contributed by atoms with van der Waals surface area (Å²) >= 11 is 0. The molecule has 1 aromatic carbocycles. The van der Waals surface area contributed by atoms with Gasteiger partial charge >= 0.3 is 0 Å². The Bertz CT molecular complexity index is 838. The van der Waals surface area contributed by atoms with Crippen molar-refractivity contribution in [2.75, 3.05) is 26.2 Å². The summed E-state index contributed by atoms with van der Waals surface area (Å²) in [6.07, 6.45) is 1.76. The van der Waals surface area contributed by atoms with Crippen molar-refractivity contribution in [2.45, 2.75) is 11.4 Å². The summed E-state index contributed by atoms with van der Waals surface area (Å²) in [7, 11) is -3.63. The lowest BCUT2D eigenvalue weighted by Crippen LogP contribution is -2.48. The fourth-order valence-corrected chi connectivity index (χ4v) is 4.34. The van der Waals surface area contributed by atoms with E-state index < -0.39 is 10.0 Å². The molecule has 0 spiro atoms. The van der Waals surface area contributed by atoms with Crippen LogP contribution in [0.15, 0.2) is 53.6 Å². The maximum absolute atomic E-state index is 12.8. The zero-order valence-corrected chi connectivity index (χ0v) is 14.0. The number of hydrogen-bond acceptors (Lipinski definition) is 5. The molecule has 0 bridgehead atoms. The SMILES string of the molecule is N#Cc1ccccc1S(=O)(=O)N1CCN(Cc2ccccn2)CC1. The first-order valence-corrected chi connectivity index (χ1v) is 9.17. The van der Waals surface area contributed by atoms with E-state index in [1.807, 2.05) is 24.3 Å². The van der Waals surface area contributed by atoms with Crippen molar-refractivity contribution < 1.29 is 8.42 Å². The van der Waals surface area contributed by atoms with Gasteiger partial charge in [-0.25, -0.2) is 8.42 Å². The Balaban J connectivity index is 1.69. The molecule has 0 amide bonds. The first-order chi connectivity index (χ1) is 11.6. The third kappa shape index (κ3) is 3.46. The van der Waals surface area contributed by atoms with Gasteiger partial charge in [-0.15, -0.1) is 0 Å². The van der Waals surface area contributed by atoms with Crippen LogP contribution in [0, 0.1) is 11.3 Å². The number of nitriles is 1. The van der Waals surface area contributed by atoms with Crippen LogP contribution in [-0.2, 0) is 16.6 Å². The van der Waals surface area contributed by atoms with Crippen LogP contribution < -0.4 is 0 Å². The highest BCUT2D eigenvalue weighted by atomic mass is 32.2. The number of piperazine rings is 1. The molecule has 2 heterocycles. The van der Waals surface area contributed by atoms with Crippen molar-refractivity contribution in [3.05, 3.63) is 59.9 Å². The lowest BCUT2D eigenvalue weighted by atomic mass is 10.2. The van der Waals surface area contributed by atoms with E-state index in [0.29, 0.717) is 32.7 Å². The molecule has 0 unspecified atom stereocenters. The van der Waals surface area contributed by atoms with Crippen molar-refractivity contribution in [2.24, 2.45) is 0 Å². The molecule has 1 aromatic heterocycles. The normalized spacial score (nSPS) is 16.6. The summed E-state index contributed by atoms with van der Waals surface area (Å²) in [4.78, 5) is 6.57. The van der Waals surface area contributed by atoms with Crippen LogP contribution in [0.5, 0.6) is 0 Å². The monoisotopic (exact) mass is 342 g/mol. The lowest BCUT2D eigenvalue weighted by Gasteiger charge is -2.33. The number of aromatic nitrogens is 1. The van der Waals surface area contributed by atoms with Crippen LogP contribution in [0.4, 0.5) is 0 Å². The summed E-state index contributed by atoms with van der Waals surface area (Å²) in [5.74, 6) is 0. The van der Waals surface area contributed by atoms with Crippen LogP contribution in [0.1, 0.15) is 11.3 Å². The van der Waals surface area contributed by atoms with E-state index in [9.17, 15) is 8.42 Å². The Morgan fingerprint density at radius 1 is 1.04 bits per heavy atom. The van der Waals surface area contributed by atoms with Gasteiger partial charge in [0.05, 0.1) is 16.2 Å². The molecule has 0 radical (unpaired) electrons. The number of benzene rings is 1. The van der Waals surface area contributed by atoms with E-state index in [2.05, 4.69) is 9.88 Å². The predicted molar refractivity (Wildman–Crippen MR) is 89.4 cm³/mol. The van der Waals surface area contributed by atoms with Crippen molar-refractivity contribution >= 4 is 10.0 Å². The second kappa shape index (κ2) is 7.09. The third-order valence-corrected chi connectivity index (χ3v) is 6.03. The van der Waals surface area contributed by atoms with Crippen LogP contribution in [-0.4, -0.2) is 48.8 Å². The van der Waals surface area contributed by atoms with Crippen molar-refractivity contribution in [1.29, 1.82) is 5.26 Å². The van der Waals surface area contributed by atoms with Crippen LogP contribution in [0.25, 0.3) is 0 Å². The maximum Gasteiger partial charge on any atom is 0.244 e. The molecule has 1 saturated heterocycles. The first-order valence-electron chi connectivity index (χ1n) is 7.73. The van der Waals surface area contributed by atoms with E-state index in [-0.39, 0.29) is 10.5 Å². The largest absolute Gasteiger partial charge is 0.295 e. The number of rotatable bonds is 4. The smallest absolute Gasteiger partial charge is 0.244 e. The zero-order chi connectivity index (χ0) is 17.0. The molecule has 24 heavy (non-hydrogen) atoms. The minimum absolute atomic E-state index is 0.0886. The van der Waals surface area contributed by atoms with Gasteiger partial charge in [-0.3, -0.25) is 9.88 Å². The average molecular weight is 342 g/mol. The van der Waals surface area contributed by atoms with E-state index >= 15 is 0 Å². The topological polar surface area (TPSA) is 77.3 Å². The summed E-state index contributed by atoms with van der Waals surface area (Å²) < 4.78 is 27.0. The van der Waals surface area contributed by atoms with Gasteiger partial charge in [0.1, 0.15) is 6.07 Å². The molecule has 1 fully saturated rings. The molecule has 0 atom stereocenters. The molecule has 7 heteroatoms. The Kier molecular flexibility index (Phi) is 4.90. The highest BCUT2D eigenvalue weighted by Crippen LogP contribution is 2.21. The highest BCUT2D eigenvalue weighted by Gasteiger charge is 2.30. The van der Waals surface area contributed by atoms with Crippen LogP contribution in [0.3, 0.4) is 0 Å². The second-order valence-electron chi connectivity index (χ2n) is 5.61. The zero-order valence-electron chi connectivity index (χ0n) is 13.2. The molecule has 6 nitrogen and oxygen atoms in total. The first kappa shape index (κ1) is 16.6. The number of sulfonamides is 1. The Labute approximate surface area is 142 Å². The lowest BCUT2D eigenvalue weighted by molar-refractivity contribution is 0.180. The van der Waals surface area contributed by atoms with Gasteiger partial charge in [-0.1, -0.05) is 18.2 Å². The van der Waals surface area contributed by atoms with Gasteiger partial charge in [0.15, 0.2) is 0 Å². The predicted octanol–water partition coefficient (Wildman–Crippen LogP) is 1.46. The van der Waals surface area contributed by atoms with E-state index in [1.54, 1.807) is 18.3 Å². The van der Waals surface area contributed by atoms with Gasteiger partial charge < -0.3 is 0 Å². The Morgan fingerprint density at radius 3 is 2.42 bits per heavy atom. The quantitative estimate of drug-likeness (QED) is 0.841. The molecular weight excluding hydrogens is 324 g/mol. The van der Waals surface area contributed by atoms with Crippen molar-refractivity contribution in [3.8, 4) is 6.07 Å². The van der Waals surface area contributed by atoms with Gasteiger partial charge in [0.25, 0.3) is 0 Å². The highest BCUT2D eigenvalue weighted by molar-refractivity contribution is 7.89. The second-order valence-corrected chi connectivity index (χ2v) is 7.52. The standard InChI is InChI=1S/C17H18N4O2S/c18-13-15-5-1-2-7-17(15)24(22,23)21-11-9-20(10-12-21)14-16-6-3-4-8-19-16/h1-8H,9-12,14H2. The molecule has 124 valence electrons. The number of pyridine rings is 1. The van der Waals surface area contributed by atoms with Gasteiger partial charge in [0.2, 0.25) is 10.0 Å². The number of hydrogen-bond donors (Lipinski definition) is 0. The van der Waals surface area contributed by atoms with E-state index in [0.717, 1.165) is 5.69 Å². The number of nitrogens with zero attached hydrogens (tertiary/aromatic N) is 4.